The molecule has 10 heteroatoms. The first-order valence-corrected chi connectivity index (χ1v) is 10.7. The van der Waals surface area contributed by atoms with Crippen LogP contribution in [-0.2, 0) is 10.2 Å². The lowest BCUT2D eigenvalue weighted by Gasteiger charge is -2.35. The molecular weight excluding hydrogens is 382 g/mol. The quantitative estimate of drug-likeness (QED) is 0.752. The monoisotopic (exact) mass is 409 g/mol. The van der Waals surface area contributed by atoms with E-state index in [9.17, 15) is 18.0 Å². The molecule has 2 fully saturated rings. The Bertz CT molecular complexity index is 859. The van der Waals surface area contributed by atoms with E-state index in [-0.39, 0.29) is 31.1 Å². The number of amides is 3. The number of nitrogens with one attached hydrogen (secondary N) is 2. The molecule has 1 aromatic carbocycles. The predicted molar refractivity (Wildman–Crippen MR) is 106 cm³/mol. The van der Waals surface area contributed by atoms with Crippen LogP contribution in [0.5, 0.6) is 0 Å². The summed E-state index contributed by atoms with van der Waals surface area (Å²) < 4.78 is 26.9. The highest BCUT2D eigenvalue weighted by molar-refractivity contribution is 7.86. The summed E-state index contributed by atoms with van der Waals surface area (Å²) >= 11 is 0. The molecule has 0 spiro atoms. The Balaban J connectivity index is 1.61. The number of nitrogens with zero attached hydrogens (tertiary/aromatic N) is 3. The van der Waals surface area contributed by atoms with Gasteiger partial charge in [-0.05, 0) is 37.5 Å². The maximum absolute atomic E-state index is 12.6. The summed E-state index contributed by atoms with van der Waals surface area (Å²) in [6.07, 6.45) is 2.02. The first kappa shape index (κ1) is 20.6. The molecule has 1 aliphatic carbocycles. The van der Waals surface area contributed by atoms with Gasteiger partial charge in [0.2, 0.25) is 0 Å². The highest BCUT2D eigenvalue weighted by Crippen LogP contribution is 2.22. The van der Waals surface area contributed by atoms with Crippen molar-refractivity contribution < 1.29 is 18.0 Å². The van der Waals surface area contributed by atoms with Crippen molar-refractivity contribution in [2.45, 2.75) is 25.8 Å². The first-order chi connectivity index (χ1) is 13.2. The van der Waals surface area contributed by atoms with Crippen molar-refractivity contribution in [1.29, 1.82) is 0 Å². The number of rotatable bonds is 5. The van der Waals surface area contributed by atoms with Crippen LogP contribution in [0.2, 0.25) is 0 Å². The van der Waals surface area contributed by atoms with Crippen molar-refractivity contribution in [3.05, 3.63) is 29.3 Å². The van der Waals surface area contributed by atoms with E-state index in [2.05, 4.69) is 10.6 Å². The van der Waals surface area contributed by atoms with Crippen LogP contribution in [0.1, 0.15) is 28.8 Å². The van der Waals surface area contributed by atoms with E-state index >= 15 is 0 Å². The zero-order valence-electron chi connectivity index (χ0n) is 16.4. The van der Waals surface area contributed by atoms with Gasteiger partial charge >= 0.3 is 6.03 Å². The molecule has 1 aliphatic heterocycles. The van der Waals surface area contributed by atoms with E-state index in [1.54, 1.807) is 23.1 Å². The summed E-state index contributed by atoms with van der Waals surface area (Å²) in [4.78, 5) is 26.4. The van der Waals surface area contributed by atoms with E-state index in [1.807, 2.05) is 6.92 Å². The van der Waals surface area contributed by atoms with Crippen LogP contribution in [0.3, 0.4) is 0 Å². The molecule has 0 radical (unpaired) electrons. The molecular formula is C18H27N5O4S. The molecule has 0 atom stereocenters. The van der Waals surface area contributed by atoms with Gasteiger partial charge in [-0.2, -0.15) is 17.0 Å². The van der Waals surface area contributed by atoms with Crippen molar-refractivity contribution in [3.8, 4) is 0 Å². The molecule has 1 heterocycles. The molecule has 28 heavy (non-hydrogen) atoms. The number of carbonyl (C=O) groups excluding carboxylic acids is 2. The van der Waals surface area contributed by atoms with Crippen LogP contribution in [0, 0.1) is 6.92 Å². The van der Waals surface area contributed by atoms with Crippen LogP contribution < -0.4 is 10.6 Å². The normalized spacial score (nSPS) is 18.2. The van der Waals surface area contributed by atoms with Crippen molar-refractivity contribution in [2.24, 2.45) is 0 Å². The molecule has 1 saturated carbocycles. The third kappa shape index (κ3) is 4.62. The number of hydrogen-bond donors (Lipinski definition) is 2. The molecule has 2 aliphatic rings. The van der Waals surface area contributed by atoms with Gasteiger partial charge in [-0.3, -0.25) is 4.79 Å². The highest BCUT2D eigenvalue weighted by atomic mass is 32.2. The lowest BCUT2D eigenvalue weighted by atomic mass is 10.1. The Labute approximate surface area is 165 Å². The standard InChI is InChI=1S/C18H27N5O4S/c1-13-4-5-14(17(24)19-15-6-7-15)12-16(13)20-18(25)22-8-10-23(11-9-22)28(26,27)21(2)3/h4-5,12,15H,6-11H2,1-3H3,(H,19,24)(H,20,25). The molecule has 0 bridgehead atoms. The first-order valence-electron chi connectivity index (χ1n) is 9.33. The number of piperazine rings is 1. The molecule has 2 N–H and O–H groups in total. The van der Waals surface area contributed by atoms with E-state index < -0.39 is 10.2 Å². The van der Waals surface area contributed by atoms with Crippen molar-refractivity contribution in [2.75, 3.05) is 45.6 Å². The Morgan fingerprint density at radius 1 is 1.11 bits per heavy atom. The van der Waals surface area contributed by atoms with Gasteiger partial charge in [0.05, 0.1) is 0 Å². The molecule has 0 aromatic heterocycles. The Morgan fingerprint density at radius 2 is 1.75 bits per heavy atom. The zero-order chi connectivity index (χ0) is 20.5. The summed E-state index contributed by atoms with van der Waals surface area (Å²) in [5.41, 5.74) is 1.94. The number of carbonyl (C=O) groups is 2. The average Bonchev–Trinajstić information content (AvgIpc) is 3.47. The number of urea groups is 1. The van der Waals surface area contributed by atoms with Crippen LogP contribution in [0.15, 0.2) is 18.2 Å². The maximum atomic E-state index is 12.6. The van der Waals surface area contributed by atoms with Gasteiger partial charge in [-0.15, -0.1) is 0 Å². The number of aryl methyl sites for hydroxylation is 1. The SMILES string of the molecule is Cc1ccc(C(=O)NC2CC2)cc1NC(=O)N1CCN(S(=O)(=O)N(C)C)CC1. The van der Waals surface area contributed by atoms with E-state index in [0.29, 0.717) is 24.3 Å². The largest absolute Gasteiger partial charge is 0.349 e. The van der Waals surface area contributed by atoms with Gasteiger partial charge in [0.15, 0.2) is 0 Å². The second-order valence-electron chi connectivity index (χ2n) is 7.38. The average molecular weight is 410 g/mol. The van der Waals surface area contributed by atoms with Gasteiger partial charge in [-0.25, -0.2) is 4.79 Å². The van der Waals surface area contributed by atoms with Crippen LogP contribution in [0.4, 0.5) is 10.5 Å². The van der Waals surface area contributed by atoms with Gasteiger partial charge < -0.3 is 15.5 Å². The number of benzene rings is 1. The number of anilines is 1. The third-order valence-electron chi connectivity index (χ3n) is 4.97. The maximum Gasteiger partial charge on any atom is 0.321 e. The van der Waals surface area contributed by atoms with Gasteiger partial charge in [0.25, 0.3) is 16.1 Å². The summed E-state index contributed by atoms with van der Waals surface area (Å²) in [5.74, 6) is -0.138. The highest BCUT2D eigenvalue weighted by Gasteiger charge is 2.30. The summed E-state index contributed by atoms with van der Waals surface area (Å²) in [7, 11) is -0.492. The summed E-state index contributed by atoms with van der Waals surface area (Å²) in [6, 6.07) is 5.19. The molecule has 9 nitrogen and oxygen atoms in total. The smallest absolute Gasteiger partial charge is 0.321 e. The van der Waals surface area contributed by atoms with Gasteiger partial charge in [-0.1, -0.05) is 6.07 Å². The van der Waals surface area contributed by atoms with Crippen LogP contribution >= 0.6 is 0 Å². The lowest BCUT2D eigenvalue weighted by molar-refractivity contribution is 0.0951. The van der Waals surface area contributed by atoms with Crippen molar-refractivity contribution in [3.63, 3.8) is 0 Å². The predicted octanol–water partition coefficient (Wildman–Crippen LogP) is 0.843. The van der Waals surface area contributed by atoms with E-state index in [4.69, 9.17) is 0 Å². The van der Waals surface area contributed by atoms with Crippen molar-refractivity contribution in [1.82, 2.24) is 18.8 Å². The number of hydrogen-bond acceptors (Lipinski definition) is 4. The van der Waals surface area contributed by atoms with Crippen LogP contribution in [0.25, 0.3) is 0 Å². The minimum atomic E-state index is -3.47. The van der Waals surface area contributed by atoms with Gasteiger partial charge in [0, 0.05) is 57.6 Å². The molecule has 154 valence electrons. The molecule has 0 unspecified atom stereocenters. The second kappa shape index (κ2) is 8.06. The topological polar surface area (TPSA) is 102 Å². The summed E-state index contributed by atoms with van der Waals surface area (Å²) in [6.45, 7) is 2.97. The lowest BCUT2D eigenvalue weighted by Crippen LogP contribution is -2.53. The molecule has 1 aromatic rings. The molecule has 1 saturated heterocycles. The Morgan fingerprint density at radius 3 is 2.32 bits per heavy atom. The van der Waals surface area contributed by atoms with E-state index in [1.165, 1.54) is 22.7 Å². The fourth-order valence-electron chi connectivity index (χ4n) is 2.94. The second-order valence-corrected chi connectivity index (χ2v) is 9.53. The molecule has 3 rings (SSSR count). The van der Waals surface area contributed by atoms with Gasteiger partial charge in [0.1, 0.15) is 0 Å². The molecule has 3 amide bonds. The van der Waals surface area contributed by atoms with E-state index in [0.717, 1.165) is 18.4 Å². The fraction of sp³-hybridized carbons (Fsp3) is 0.556. The fourth-order valence-corrected chi connectivity index (χ4v) is 4.03. The Kier molecular flexibility index (Phi) is 5.92. The Hall–Kier alpha value is -2.17. The minimum Gasteiger partial charge on any atom is -0.349 e. The zero-order valence-corrected chi connectivity index (χ0v) is 17.3. The minimum absolute atomic E-state index is 0.138. The third-order valence-corrected chi connectivity index (χ3v) is 6.91. The summed E-state index contributed by atoms with van der Waals surface area (Å²) in [5, 5.41) is 5.78. The van der Waals surface area contributed by atoms with Crippen LogP contribution in [-0.4, -0.2) is 80.2 Å². The van der Waals surface area contributed by atoms with Crippen molar-refractivity contribution >= 4 is 27.8 Å².